The molecule has 0 saturated carbocycles. The standard InChI is InChI=1S/C35H39N4O8P/c1-24-22-39(33(41)38-32(24)40)31-21-34(2,47-48(42)37-20-8-19-36)30(46-31)23-45-35(25-9-6-5-7-10-25,26-11-15-28(43-3)16-12-26)27-13-17-29(44-4)18-14-27/h5-7,9-18,22,30-31,37,42H,8,20-21,23H2,1-4H3,(H,38,40,41)/t30-,31-,34+,48?/m1/s1. The van der Waals surface area contributed by atoms with Gasteiger partial charge in [-0.2, -0.15) is 5.26 Å². The average Bonchev–Trinajstić information content (AvgIpc) is 3.42. The van der Waals surface area contributed by atoms with Gasteiger partial charge in [-0.1, -0.05) is 54.6 Å². The molecule has 5 rings (SSSR count). The Labute approximate surface area is 279 Å². The highest BCUT2D eigenvalue weighted by atomic mass is 31.2. The molecule has 4 aromatic rings. The topological polar surface area (TPSA) is 157 Å². The van der Waals surface area contributed by atoms with Crippen LogP contribution < -0.4 is 25.8 Å². The Morgan fingerprint density at radius 2 is 1.60 bits per heavy atom. The fourth-order valence-corrected chi connectivity index (χ4v) is 6.80. The quantitative estimate of drug-likeness (QED) is 0.0977. The summed E-state index contributed by atoms with van der Waals surface area (Å²) in [7, 11) is 1.03. The van der Waals surface area contributed by atoms with Gasteiger partial charge in [0.05, 0.1) is 26.9 Å². The monoisotopic (exact) mass is 674 g/mol. The van der Waals surface area contributed by atoms with Gasteiger partial charge >= 0.3 is 5.69 Å². The third-order valence-electron chi connectivity index (χ3n) is 8.44. The summed E-state index contributed by atoms with van der Waals surface area (Å²) < 4.78 is 32.0. The predicted molar refractivity (Wildman–Crippen MR) is 180 cm³/mol. The molecular formula is C35H39N4O8P. The van der Waals surface area contributed by atoms with Crippen LogP contribution in [0.5, 0.6) is 11.5 Å². The Hall–Kier alpha value is -4.34. The zero-order chi connectivity index (χ0) is 34.3. The fraction of sp³-hybridized carbons (Fsp3) is 0.343. The summed E-state index contributed by atoms with van der Waals surface area (Å²) in [6, 6.07) is 27.0. The first-order chi connectivity index (χ1) is 23.1. The Bertz CT molecular complexity index is 1780. The van der Waals surface area contributed by atoms with E-state index in [0.717, 1.165) is 16.7 Å². The van der Waals surface area contributed by atoms with Crippen LogP contribution in [0.1, 0.15) is 48.2 Å². The minimum atomic E-state index is -2.18. The number of nitrogens with zero attached hydrogens (tertiary/aromatic N) is 2. The first-order valence-electron chi connectivity index (χ1n) is 15.4. The largest absolute Gasteiger partial charge is 0.497 e. The molecule has 1 aliphatic heterocycles. The van der Waals surface area contributed by atoms with Gasteiger partial charge in [0.15, 0.2) is 0 Å². The number of nitriles is 1. The van der Waals surface area contributed by atoms with E-state index < -0.39 is 43.3 Å². The number of methoxy groups -OCH3 is 2. The van der Waals surface area contributed by atoms with E-state index in [2.05, 4.69) is 10.1 Å². The van der Waals surface area contributed by atoms with E-state index in [9.17, 15) is 14.5 Å². The highest BCUT2D eigenvalue weighted by molar-refractivity contribution is 7.43. The van der Waals surface area contributed by atoms with Gasteiger partial charge in [0.1, 0.15) is 35.0 Å². The van der Waals surface area contributed by atoms with Crippen LogP contribution in [-0.4, -0.2) is 53.5 Å². The number of rotatable bonds is 14. The lowest BCUT2D eigenvalue weighted by Crippen LogP contribution is -2.44. The number of aromatic nitrogens is 2. The molecule has 1 aromatic heterocycles. The lowest BCUT2D eigenvalue weighted by atomic mass is 9.80. The van der Waals surface area contributed by atoms with Crippen molar-refractivity contribution >= 4 is 8.53 Å². The van der Waals surface area contributed by atoms with Crippen molar-refractivity contribution in [1.82, 2.24) is 14.6 Å². The van der Waals surface area contributed by atoms with E-state index in [4.69, 9.17) is 28.7 Å². The van der Waals surface area contributed by atoms with Gasteiger partial charge in [-0.25, -0.2) is 9.88 Å². The number of nitrogens with one attached hydrogen (secondary N) is 2. The van der Waals surface area contributed by atoms with E-state index in [0.29, 0.717) is 17.1 Å². The maximum Gasteiger partial charge on any atom is 0.330 e. The molecule has 1 fully saturated rings. The molecule has 1 unspecified atom stereocenters. The van der Waals surface area contributed by atoms with Crippen molar-refractivity contribution < 1.29 is 28.4 Å². The minimum absolute atomic E-state index is 0.0432. The Balaban J connectivity index is 1.58. The van der Waals surface area contributed by atoms with Crippen molar-refractivity contribution in [2.24, 2.45) is 0 Å². The molecular weight excluding hydrogens is 635 g/mol. The number of H-pyrrole nitrogens is 1. The van der Waals surface area contributed by atoms with Crippen LogP contribution in [0.2, 0.25) is 0 Å². The van der Waals surface area contributed by atoms with Gasteiger partial charge < -0.3 is 28.4 Å². The molecule has 3 N–H and O–H groups in total. The fourth-order valence-electron chi connectivity index (χ4n) is 5.85. The molecule has 0 bridgehead atoms. The summed E-state index contributed by atoms with van der Waals surface area (Å²) in [4.78, 5) is 38.2. The summed E-state index contributed by atoms with van der Waals surface area (Å²) in [5.74, 6) is 1.36. The van der Waals surface area contributed by atoms with Crippen molar-refractivity contribution in [3.63, 3.8) is 0 Å². The smallest absolute Gasteiger partial charge is 0.330 e. The predicted octanol–water partition coefficient (Wildman–Crippen LogP) is 4.66. The van der Waals surface area contributed by atoms with Gasteiger partial charge in [0.2, 0.25) is 0 Å². The molecule has 4 atom stereocenters. The van der Waals surface area contributed by atoms with Crippen molar-refractivity contribution in [2.45, 2.75) is 50.2 Å². The van der Waals surface area contributed by atoms with Crippen LogP contribution in [0.25, 0.3) is 0 Å². The lowest BCUT2D eigenvalue weighted by molar-refractivity contribution is -0.109. The highest BCUT2D eigenvalue weighted by Crippen LogP contribution is 2.48. The molecule has 1 aliphatic rings. The maximum absolute atomic E-state index is 12.9. The van der Waals surface area contributed by atoms with Crippen LogP contribution >= 0.6 is 8.53 Å². The molecule has 0 radical (unpaired) electrons. The van der Waals surface area contributed by atoms with Gasteiger partial charge in [0, 0.05) is 31.1 Å². The molecule has 0 spiro atoms. The molecule has 0 amide bonds. The summed E-state index contributed by atoms with van der Waals surface area (Å²) >= 11 is 0. The number of aryl methyl sites for hydroxylation is 1. The van der Waals surface area contributed by atoms with E-state index in [-0.39, 0.29) is 26.0 Å². The normalized spacial score (nSPS) is 19.8. The Morgan fingerprint density at radius 1 is 1.02 bits per heavy atom. The number of ether oxygens (including phenoxy) is 4. The molecule has 48 heavy (non-hydrogen) atoms. The third-order valence-corrected chi connectivity index (χ3v) is 9.53. The lowest BCUT2D eigenvalue weighted by Gasteiger charge is -2.39. The minimum Gasteiger partial charge on any atom is -0.497 e. The second-order valence-electron chi connectivity index (χ2n) is 11.6. The van der Waals surface area contributed by atoms with Crippen molar-refractivity contribution in [1.29, 1.82) is 5.26 Å². The number of aromatic amines is 1. The molecule has 12 nitrogen and oxygen atoms in total. The summed E-state index contributed by atoms with van der Waals surface area (Å²) in [5.41, 5.74) is -0.649. The van der Waals surface area contributed by atoms with Crippen LogP contribution in [-0.2, 0) is 19.6 Å². The van der Waals surface area contributed by atoms with Gasteiger partial charge in [-0.05, 0) is 54.8 Å². The molecule has 3 aromatic carbocycles. The van der Waals surface area contributed by atoms with Crippen LogP contribution in [0.15, 0.2) is 94.6 Å². The van der Waals surface area contributed by atoms with Gasteiger partial charge in [-0.3, -0.25) is 14.3 Å². The molecule has 13 heteroatoms. The van der Waals surface area contributed by atoms with Crippen LogP contribution in [0.4, 0.5) is 0 Å². The Kier molecular flexibility index (Phi) is 11.1. The van der Waals surface area contributed by atoms with Crippen LogP contribution in [0.3, 0.4) is 0 Å². The molecule has 252 valence electrons. The third kappa shape index (κ3) is 7.37. The second-order valence-corrected chi connectivity index (χ2v) is 12.6. The van der Waals surface area contributed by atoms with Crippen LogP contribution in [0, 0.1) is 18.3 Å². The zero-order valence-corrected chi connectivity index (χ0v) is 28.1. The number of hydrogen-bond acceptors (Lipinski definition) is 10. The first kappa shape index (κ1) is 35.0. The maximum atomic E-state index is 12.9. The van der Waals surface area contributed by atoms with E-state index in [1.165, 1.54) is 10.8 Å². The Morgan fingerprint density at radius 3 is 2.17 bits per heavy atom. The SMILES string of the molecule is COc1ccc(C(OC[C@H]2O[C@@H](n3cc(C)c(=O)[nH]c3=O)C[C@]2(C)OP(O)NCCC#N)(c2ccccc2)c2ccc(OC)cc2)cc1. The van der Waals surface area contributed by atoms with E-state index in [1.807, 2.05) is 84.9 Å². The van der Waals surface area contributed by atoms with Crippen molar-refractivity contribution in [3.8, 4) is 17.6 Å². The molecule has 1 saturated heterocycles. The summed E-state index contributed by atoms with van der Waals surface area (Å²) in [5, 5.41) is 11.8. The first-order valence-corrected chi connectivity index (χ1v) is 16.6. The van der Waals surface area contributed by atoms with E-state index in [1.54, 1.807) is 28.1 Å². The van der Waals surface area contributed by atoms with Gasteiger partial charge in [-0.15, -0.1) is 0 Å². The van der Waals surface area contributed by atoms with Crippen molar-refractivity contribution in [2.75, 3.05) is 27.4 Å². The number of benzene rings is 3. The van der Waals surface area contributed by atoms with Crippen molar-refractivity contribution in [3.05, 3.63) is 128 Å². The number of hydrogen-bond donors (Lipinski definition) is 3. The zero-order valence-electron chi connectivity index (χ0n) is 27.2. The molecule has 0 aliphatic carbocycles. The summed E-state index contributed by atoms with van der Waals surface area (Å²) in [6.45, 7) is 3.57. The second kappa shape index (κ2) is 15.3. The molecule has 2 heterocycles. The van der Waals surface area contributed by atoms with E-state index >= 15 is 0 Å². The average molecular weight is 675 g/mol. The summed E-state index contributed by atoms with van der Waals surface area (Å²) in [6.07, 6.45) is 0.125. The van der Waals surface area contributed by atoms with Gasteiger partial charge in [0.25, 0.3) is 14.1 Å². The highest BCUT2D eigenvalue weighted by Gasteiger charge is 2.50.